The van der Waals surface area contributed by atoms with Crippen molar-refractivity contribution in [2.75, 3.05) is 13.2 Å². The molecule has 9 heteroatoms. The van der Waals surface area contributed by atoms with E-state index in [2.05, 4.69) is 40.9 Å². The van der Waals surface area contributed by atoms with Gasteiger partial charge >= 0.3 is 5.97 Å². The molecule has 1 aliphatic heterocycles. The molecule has 2 heterocycles. The first-order chi connectivity index (χ1) is 10.8. The van der Waals surface area contributed by atoms with Gasteiger partial charge in [-0.05, 0) is 12.8 Å². The Morgan fingerprint density at radius 3 is 2.74 bits per heavy atom. The van der Waals surface area contributed by atoms with Crippen LogP contribution in [0.15, 0.2) is 0 Å². The zero-order valence-corrected chi connectivity index (χ0v) is 16.9. The molecule has 0 aromatic carbocycles. The Balaban J connectivity index is 2.34. The molecule has 6 nitrogen and oxygen atoms in total. The third kappa shape index (κ3) is 4.20. The summed E-state index contributed by atoms with van der Waals surface area (Å²) in [6, 6.07) is -0.729. The van der Waals surface area contributed by atoms with Gasteiger partial charge in [-0.1, -0.05) is 19.6 Å². The van der Waals surface area contributed by atoms with E-state index in [4.69, 9.17) is 3.83 Å². The minimum Gasteiger partial charge on any atom is -0.480 e. The van der Waals surface area contributed by atoms with Crippen LogP contribution in [0.1, 0.15) is 28.3 Å². The predicted molar refractivity (Wildman–Crippen MR) is 95.4 cm³/mol. The van der Waals surface area contributed by atoms with Crippen LogP contribution in [0, 0.1) is 0 Å². The van der Waals surface area contributed by atoms with E-state index in [9.17, 15) is 14.7 Å². The van der Waals surface area contributed by atoms with Crippen LogP contribution in [0.5, 0.6) is 0 Å². The van der Waals surface area contributed by atoms with Crippen molar-refractivity contribution in [2.24, 2.45) is 0 Å². The van der Waals surface area contributed by atoms with Crippen LogP contribution in [0.2, 0.25) is 19.6 Å². The first-order valence-corrected chi connectivity index (χ1v) is 12.5. The van der Waals surface area contributed by atoms with Crippen LogP contribution in [0.3, 0.4) is 0 Å². The van der Waals surface area contributed by atoms with Gasteiger partial charge in [-0.2, -0.15) is 0 Å². The molecule has 1 atom stereocenters. The second-order valence-electron chi connectivity index (χ2n) is 6.59. The number of aromatic nitrogens is 1. The zero-order chi connectivity index (χ0) is 17.2. The van der Waals surface area contributed by atoms with Crippen LogP contribution in [0.4, 0.5) is 0 Å². The maximum absolute atomic E-state index is 12.9. The molecule has 0 spiro atoms. The number of rotatable bonds is 6. The number of amides is 1. The zero-order valence-electron chi connectivity index (χ0n) is 13.5. The molecule has 0 unspecified atom stereocenters. The van der Waals surface area contributed by atoms with Gasteiger partial charge in [-0.25, -0.2) is 9.78 Å². The second kappa shape index (κ2) is 7.41. The van der Waals surface area contributed by atoms with E-state index in [0.717, 1.165) is 15.9 Å². The first-order valence-electron chi connectivity index (χ1n) is 7.53. The smallest absolute Gasteiger partial charge is 0.326 e. The largest absolute Gasteiger partial charge is 0.480 e. The number of aliphatic carboxylic acids is 1. The monoisotopic (exact) mass is 420 g/mol. The Morgan fingerprint density at radius 1 is 1.48 bits per heavy atom. The maximum atomic E-state index is 12.9. The first kappa shape index (κ1) is 18.6. The van der Waals surface area contributed by atoms with Crippen LogP contribution < -0.4 is 4.50 Å². The molecule has 1 N–H and O–H groups in total. The van der Waals surface area contributed by atoms with Gasteiger partial charge in [-0.3, -0.25) is 4.79 Å². The average molecular weight is 421 g/mol. The molecule has 128 valence electrons. The van der Waals surface area contributed by atoms with Gasteiger partial charge in [0.25, 0.3) is 5.91 Å². The lowest BCUT2D eigenvalue weighted by molar-refractivity contribution is -0.141. The average Bonchev–Trinajstić information content (AvgIpc) is 3.10. The molecular weight excluding hydrogens is 400 g/mol. The van der Waals surface area contributed by atoms with Crippen molar-refractivity contribution in [1.29, 1.82) is 0 Å². The third-order valence-corrected chi connectivity index (χ3v) is 8.74. The second-order valence-corrected chi connectivity index (χ2v) is 13.5. The predicted octanol–water partition coefficient (Wildman–Crippen LogP) is 2.25. The summed E-state index contributed by atoms with van der Waals surface area (Å²) in [5.74, 6) is -1.18. The number of nitrogens with zero attached hydrogens (tertiary/aromatic N) is 2. The fourth-order valence-electron chi connectivity index (χ4n) is 2.65. The summed E-state index contributed by atoms with van der Waals surface area (Å²) in [6.45, 7) is 7.47. The molecule has 0 saturated carbocycles. The van der Waals surface area contributed by atoms with Gasteiger partial charge in [0.1, 0.15) is 11.7 Å². The van der Waals surface area contributed by atoms with E-state index in [1.54, 1.807) is 11.3 Å². The lowest BCUT2D eigenvalue weighted by atomic mass is 10.2. The van der Waals surface area contributed by atoms with Gasteiger partial charge in [0.05, 0.1) is 35.9 Å². The highest BCUT2D eigenvalue weighted by Crippen LogP contribution is 2.23. The minimum absolute atomic E-state index is 0.241. The van der Waals surface area contributed by atoms with E-state index in [1.165, 1.54) is 4.90 Å². The Bertz CT molecular complexity index is 602. The molecule has 1 amide bonds. The standard InChI is InChI=1S/C14H21BrN2O4SSi/c1-23(2,3)14-11(16-10(22-14)6-8-21-15)12(18)17-7-4-5-9(17)13(19)20/h9H,4-8H2,1-3H3,(H,19,20)/t9-/m1/s1. The summed E-state index contributed by atoms with van der Waals surface area (Å²) in [6.07, 6.45) is 1.86. The number of hydrogen-bond acceptors (Lipinski definition) is 5. The van der Waals surface area contributed by atoms with Crippen LogP contribution in [-0.2, 0) is 15.0 Å². The number of halogens is 1. The van der Waals surface area contributed by atoms with Crippen molar-refractivity contribution >= 4 is 52.0 Å². The molecule has 1 saturated heterocycles. The van der Waals surface area contributed by atoms with E-state index in [0.29, 0.717) is 31.7 Å². The highest BCUT2D eigenvalue weighted by molar-refractivity contribution is 9.06. The van der Waals surface area contributed by atoms with Crippen LogP contribution in [0.25, 0.3) is 0 Å². The van der Waals surface area contributed by atoms with Gasteiger partial charge in [0, 0.05) is 17.5 Å². The number of carboxylic acid groups (broad SMARTS) is 1. The highest BCUT2D eigenvalue weighted by Gasteiger charge is 2.38. The minimum atomic E-state index is -1.75. The Hall–Kier alpha value is -0.773. The van der Waals surface area contributed by atoms with Crippen molar-refractivity contribution in [1.82, 2.24) is 9.88 Å². The molecule has 23 heavy (non-hydrogen) atoms. The van der Waals surface area contributed by atoms with Gasteiger partial charge < -0.3 is 13.8 Å². The van der Waals surface area contributed by atoms with Crippen molar-refractivity contribution in [3.63, 3.8) is 0 Å². The van der Waals surface area contributed by atoms with Gasteiger partial charge in [-0.15, -0.1) is 11.3 Å². The fourth-order valence-corrected chi connectivity index (χ4v) is 6.05. The number of likely N-dealkylation sites (tertiary alicyclic amines) is 1. The Kier molecular flexibility index (Phi) is 5.98. The Morgan fingerprint density at radius 2 is 2.17 bits per heavy atom. The summed E-state index contributed by atoms with van der Waals surface area (Å²) in [7, 11) is -1.75. The maximum Gasteiger partial charge on any atom is 0.326 e. The van der Waals surface area contributed by atoms with Crippen LogP contribution in [-0.4, -0.2) is 54.1 Å². The lowest BCUT2D eigenvalue weighted by Crippen LogP contribution is -2.45. The highest BCUT2D eigenvalue weighted by atomic mass is 79.9. The van der Waals surface area contributed by atoms with Crippen molar-refractivity contribution in [3.8, 4) is 0 Å². The van der Waals surface area contributed by atoms with Gasteiger partial charge in [0.2, 0.25) is 0 Å². The topological polar surface area (TPSA) is 79.7 Å². The van der Waals surface area contributed by atoms with Crippen molar-refractivity contribution in [2.45, 2.75) is 44.9 Å². The number of carbonyl (C=O) groups excluding carboxylic acids is 1. The molecular formula is C14H21BrN2O4SSi. The number of thiazole rings is 1. The Labute approximate surface area is 149 Å². The molecule has 0 aliphatic carbocycles. The lowest BCUT2D eigenvalue weighted by Gasteiger charge is -2.22. The van der Waals surface area contributed by atoms with E-state index < -0.39 is 20.1 Å². The number of hydrogen-bond donors (Lipinski definition) is 1. The van der Waals surface area contributed by atoms with Crippen molar-refractivity contribution in [3.05, 3.63) is 10.7 Å². The summed E-state index contributed by atoms with van der Waals surface area (Å²) in [5, 5.41) is 10.2. The van der Waals surface area contributed by atoms with E-state index >= 15 is 0 Å². The summed E-state index contributed by atoms with van der Waals surface area (Å²) >= 11 is 4.48. The number of carboxylic acids is 1. The van der Waals surface area contributed by atoms with Crippen molar-refractivity contribution < 1.29 is 18.5 Å². The molecule has 1 fully saturated rings. The van der Waals surface area contributed by atoms with E-state index in [-0.39, 0.29) is 5.91 Å². The summed E-state index contributed by atoms with van der Waals surface area (Å²) < 4.78 is 5.94. The third-order valence-electron chi connectivity index (χ3n) is 3.75. The van der Waals surface area contributed by atoms with Crippen LogP contribution >= 0.6 is 27.6 Å². The summed E-state index contributed by atoms with van der Waals surface area (Å²) in [5.41, 5.74) is 0.451. The quantitative estimate of drug-likeness (QED) is 0.713. The van der Waals surface area contributed by atoms with Gasteiger partial charge in [0.15, 0.2) is 0 Å². The fraction of sp³-hybridized carbons (Fsp3) is 0.643. The molecule has 0 radical (unpaired) electrons. The molecule has 1 aliphatic rings. The summed E-state index contributed by atoms with van der Waals surface area (Å²) in [4.78, 5) is 30.2. The SMILES string of the molecule is C[Si](C)(C)c1sc(CCOBr)nc1C(=O)N1CCC[C@@H]1C(=O)O. The van der Waals surface area contributed by atoms with E-state index in [1.807, 2.05) is 0 Å². The molecule has 1 aromatic rings. The molecule has 2 rings (SSSR count). The number of carbonyl (C=O) groups is 2. The normalized spacial score (nSPS) is 18.4. The molecule has 0 bridgehead atoms. The molecule has 1 aromatic heterocycles.